The Morgan fingerprint density at radius 2 is 2.05 bits per heavy atom. The van der Waals surface area contributed by atoms with Crippen molar-refractivity contribution in [2.75, 3.05) is 11.9 Å². The maximum absolute atomic E-state index is 11.6. The number of halogens is 1. The van der Waals surface area contributed by atoms with Crippen molar-refractivity contribution in [1.29, 1.82) is 0 Å². The first-order chi connectivity index (χ1) is 9.54. The Morgan fingerprint density at radius 3 is 2.65 bits per heavy atom. The quantitative estimate of drug-likeness (QED) is 0.882. The first-order valence-electron chi connectivity index (χ1n) is 5.48. The van der Waals surface area contributed by atoms with Gasteiger partial charge in [-0.25, -0.2) is 4.98 Å². The lowest BCUT2D eigenvalue weighted by atomic mass is 10.3. The van der Waals surface area contributed by atoms with Crippen LogP contribution in [-0.4, -0.2) is 23.4 Å². The van der Waals surface area contributed by atoms with Gasteiger partial charge in [-0.3, -0.25) is 14.9 Å². The third-order valence-corrected chi connectivity index (χ3v) is 3.36. The molecule has 0 saturated carbocycles. The minimum atomic E-state index is -0.583. The zero-order valence-electron chi connectivity index (χ0n) is 10.1. The van der Waals surface area contributed by atoms with Crippen LogP contribution < -0.4 is 15.8 Å². The Kier molecular flexibility index (Phi) is 4.54. The number of primary amides is 1. The zero-order chi connectivity index (χ0) is 14.5. The van der Waals surface area contributed by atoms with E-state index < -0.39 is 5.91 Å². The summed E-state index contributed by atoms with van der Waals surface area (Å²) in [5.41, 5.74) is 5.09. The summed E-state index contributed by atoms with van der Waals surface area (Å²) in [6.45, 7) is -0.173. The molecule has 0 saturated heterocycles. The highest BCUT2D eigenvalue weighted by atomic mass is 35.5. The number of amides is 2. The van der Waals surface area contributed by atoms with Crippen molar-refractivity contribution in [1.82, 2.24) is 4.98 Å². The van der Waals surface area contributed by atoms with E-state index in [1.165, 1.54) is 6.20 Å². The fraction of sp³-hybridized carbons (Fsp3) is 0.0833. The van der Waals surface area contributed by atoms with Gasteiger partial charge in [-0.1, -0.05) is 22.9 Å². The lowest BCUT2D eigenvalue weighted by Gasteiger charge is -2.05. The second kappa shape index (κ2) is 6.36. The van der Waals surface area contributed by atoms with Crippen molar-refractivity contribution < 1.29 is 14.3 Å². The van der Waals surface area contributed by atoms with E-state index in [9.17, 15) is 9.59 Å². The number of rotatable bonds is 5. The van der Waals surface area contributed by atoms with Gasteiger partial charge in [-0.2, -0.15) is 0 Å². The number of aromatic nitrogens is 1. The normalized spacial score (nSPS) is 10.1. The predicted octanol–water partition coefficient (Wildman–Crippen LogP) is 1.91. The SMILES string of the molecule is NC(=O)c1cnc(NC(=O)COc2ccc(Cl)cc2)s1. The molecule has 1 heterocycles. The molecular formula is C12H10ClN3O3S. The molecule has 2 amide bonds. The van der Waals surface area contributed by atoms with Crippen molar-refractivity contribution in [3.63, 3.8) is 0 Å². The maximum atomic E-state index is 11.6. The maximum Gasteiger partial charge on any atom is 0.264 e. The number of carbonyl (C=O) groups is 2. The summed E-state index contributed by atoms with van der Waals surface area (Å²) < 4.78 is 5.26. The highest BCUT2D eigenvalue weighted by Gasteiger charge is 2.10. The number of nitrogens with two attached hydrogens (primary N) is 1. The number of benzene rings is 1. The van der Waals surface area contributed by atoms with Crippen LogP contribution >= 0.6 is 22.9 Å². The summed E-state index contributed by atoms with van der Waals surface area (Å²) >= 11 is 6.73. The lowest BCUT2D eigenvalue weighted by molar-refractivity contribution is -0.118. The highest BCUT2D eigenvalue weighted by Crippen LogP contribution is 2.18. The first kappa shape index (κ1) is 14.3. The summed E-state index contributed by atoms with van der Waals surface area (Å²) in [6.07, 6.45) is 1.31. The molecular weight excluding hydrogens is 302 g/mol. The molecule has 8 heteroatoms. The number of anilines is 1. The van der Waals surface area contributed by atoms with Gasteiger partial charge < -0.3 is 10.5 Å². The third-order valence-electron chi connectivity index (χ3n) is 2.18. The van der Waals surface area contributed by atoms with E-state index in [4.69, 9.17) is 22.1 Å². The van der Waals surface area contributed by atoms with Crippen LogP contribution in [0.5, 0.6) is 5.75 Å². The van der Waals surface area contributed by atoms with Crippen LogP contribution in [0, 0.1) is 0 Å². The highest BCUT2D eigenvalue weighted by molar-refractivity contribution is 7.17. The molecule has 0 aliphatic heterocycles. The van der Waals surface area contributed by atoms with E-state index in [0.717, 1.165) is 11.3 Å². The standard InChI is InChI=1S/C12H10ClN3O3S/c13-7-1-3-8(4-2-7)19-6-10(17)16-12-15-5-9(20-12)11(14)18/h1-5H,6H2,(H2,14,18)(H,15,16,17). The number of nitrogens with one attached hydrogen (secondary N) is 1. The van der Waals surface area contributed by atoms with Gasteiger partial charge in [-0.15, -0.1) is 0 Å². The van der Waals surface area contributed by atoms with Gasteiger partial charge in [0.25, 0.3) is 11.8 Å². The molecule has 20 heavy (non-hydrogen) atoms. The second-order valence-corrected chi connectivity index (χ2v) is 5.15. The first-order valence-corrected chi connectivity index (χ1v) is 6.68. The number of thiazole rings is 1. The Hall–Kier alpha value is -2.12. The van der Waals surface area contributed by atoms with Gasteiger partial charge >= 0.3 is 0 Å². The van der Waals surface area contributed by atoms with E-state index in [1.807, 2.05) is 0 Å². The Labute approximate surface area is 123 Å². The van der Waals surface area contributed by atoms with Crippen molar-refractivity contribution in [3.05, 3.63) is 40.4 Å². The van der Waals surface area contributed by atoms with Crippen LogP contribution in [0.1, 0.15) is 9.67 Å². The van der Waals surface area contributed by atoms with E-state index >= 15 is 0 Å². The van der Waals surface area contributed by atoms with Crippen LogP contribution in [-0.2, 0) is 4.79 Å². The fourth-order valence-electron chi connectivity index (χ4n) is 1.28. The van der Waals surface area contributed by atoms with Crippen LogP contribution in [0.25, 0.3) is 0 Å². The molecule has 1 aromatic carbocycles. The molecule has 0 aliphatic rings. The summed E-state index contributed by atoms with van der Waals surface area (Å²) in [7, 11) is 0. The van der Waals surface area contributed by atoms with Gasteiger partial charge in [-0.05, 0) is 24.3 Å². The summed E-state index contributed by atoms with van der Waals surface area (Å²) in [4.78, 5) is 26.6. The lowest BCUT2D eigenvalue weighted by Crippen LogP contribution is -2.19. The molecule has 0 unspecified atom stereocenters. The predicted molar refractivity (Wildman–Crippen MR) is 76.2 cm³/mol. The largest absolute Gasteiger partial charge is 0.484 e. The van der Waals surface area contributed by atoms with Gasteiger partial charge in [0.2, 0.25) is 0 Å². The fourth-order valence-corrected chi connectivity index (χ4v) is 2.09. The van der Waals surface area contributed by atoms with Gasteiger partial charge in [0.05, 0.1) is 6.20 Å². The van der Waals surface area contributed by atoms with Crippen molar-refractivity contribution in [2.24, 2.45) is 5.73 Å². The minimum absolute atomic E-state index is 0.173. The molecule has 0 fully saturated rings. The van der Waals surface area contributed by atoms with Gasteiger partial charge in [0.15, 0.2) is 11.7 Å². The molecule has 3 N–H and O–H groups in total. The summed E-state index contributed by atoms with van der Waals surface area (Å²) in [6, 6.07) is 6.64. The summed E-state index contributed by atoms with van der Waals surface area (Å²) in [5.74, 6) is -0.438. The number of hydrogen-bond acceptors (Lipinski definition) is 5. The van der Waals surface area contributed by atoms with Gasteiger partial charge in [0.1, 0.15) is 10.6 Å². The minimum Gasteiger partial charge on any atom is -0.484 e. The van der Waals surface area contributed by atoms with Crippen LogP contribution in [0.4, 0.5) is 5.13 Å². The molecule has 1 aromatic heterocycles. The number of hydrogen-bond donors (Lipinski definition) is 2. The summed E-state index contributed by atoms with van der Waals surface area (Å²) in [5, 5.41) is 3.39. The van der Waals surface area contributed by atoms with E-state index in [2.05, 4.69) is 10.3 Å². The average molecular weight is 312 g/mol. The van der Waals surface area contributed by atoms with Crippen molar-refractivity contribution >= 4 is 39.9 Å². The molecule has 0 aliphatic carbocycles. The van der Waals surface area contributed by atoms with E-state index in [1.54, 1.807) is 24.3 Å². The second-order valence-electron chi connectivity index (χ2n) is 3.68. The Balaban J connectivity index is 1.85. The number of ether oxygens (including phenoxy) is 1. The number of carbonyl (C=O) groups excluding carboxylic acids is 2. The van der Waals surface area contributed by atoms with Crippen molar-refractivity contribution in [3.8, 4) is 5.75 Å². The van der Waals surface area contributed by atoms with E-state index in [0.29, 0.717) is 15.9 Å². The molecule has 2 rings (SSSR count). The van der Waals surface area contributed by atoms with Gasteiger partial charge in [0, 0.05) is 5.02 Å². The Morgan fingerprint density at radius 1 is 1.35 bits per heavy atom. The molecule has 104 valence electrons. The molecule has 0 atom stereocenters. The van der Waals surface area contributed by atoms with Crippen LogP contribution in [0.15, 0.2) is 30.5 Å². The smallest absolute Gasteiger partial charge is 0.264 e. The monoisotopic (exact) mass is 311 g/mol. The number of nitrogens with zero attached hydrogens (tertiary/aromatic N) is 1. The van der Waals surface area contributed by atoms with Crippen molar-refractivity contribution in [2.45, 2.75) is 0 Å². The zero-order valence-corrected chi connectivity index (χ0v) is 11.7. The van der Waals surface area contributed by atoms with Crippen LogP contribution in [0.3, 0.4) is 0 Å². The third kappa shape index (κ3) is 3.94. The molecule has 0 radical (unpaired) electrons. The molecule has 6 nitrogen and oxygen atoms in total. The average Bonchev–Trinajstić information content (AvgIpc) is 2.87. The van der Waals surface area contributed by atoms with E-state index in [-0.39, 0.29) is 17.4 Å². The van der Waals surface area contributed by atoms with Crippen LogP contribution in [0.2, 0.25) is 5.02 Å². The molecule has 0 spiro atoms. The Bertz CT molecular complexity index is 627. The topological polar surface area (TPSA) is 94.3 Å². The molecule has 2 aromatic rings. The molecule has 0 bridgehead atoms.